The highest BCUT2D eigenvalue weighted by molar-refractivity contribution is 7.80. The number of fused-ring (bicyclic) bond motifs is 3. The van der Waals surface area contributed by atoms with Gasteiger partial charge in [0.2, 0.25) is 0 Å². The number of hydrogen-bond acceptors (Lipinski definition) is 4. The predicted octanol–water partition coefficient (Wildman–Crippen LogP) is 5.43. The first kappa shape index (κ1) is 20.8. The lowest BCUT2D eigenvalue weighted by Crippen LogP contribution is -2.43. The maximum Gasteiger partial charge on any atom is 0.184 e. The quantitative estimate of drug-likeness (QED) is 0.424. The van der Waals surface area contributed by atoms with Crippen LogP contribution in [0.3, 0.4) is 0 Å². The molecule has 1 fully saturated rings. The zero-order valence-electron chi connectivity index (χ0n) is 18.6. The molecule has 1 aliphatic rings. The topological polar surface area (TPSA) is 58.3 Å². The Kier molecular flexibility index (Phi) is 5.74. The third kappa shape index (κ3) is 4.05. The Morgan fingerprint density at radius 3 is 2.72 bits per heavy atom. The van der Waals surface area contributed by atoms with Crippen LogP contribution in [-0.2, 0) is 6.54 Å². The maximum absolute atomic E-state index is 5.97. The Labute approximate surface area is 193 Å². The number of tetrazole rings is 1. The van der Waals surface area contributed by atoms with E-state index in [1.54, 1.807) is 0 Å². The number of rotatable bonds is 4. The number of aryl methyl sites for hydroxylation is 2. The van der Waals surface area contributed by atoms with Gasteiger partial charge in [-0.1, -0.05) is 49.1 Å². The molecular weight excluding hydrogens is 416 g/mol. The predicted molar refractivity (Wildman–Crippen MR) is 133 cm³/mol. The molecule has 5 rings (SSSR count). The molecule has 0 saturated heterocycles. The molecule has 2 heterocycles. The minimum Gasteiger partial charge on any atom is -0.342 e. The van der Waals surface area contributed by atoms with Gasteiger partial charge in [0, 0.05) is 29.2 Å². The fourth-order valence-electron chi connectivity index (χ4n) is 4.74. The molecule has 1 saturated carbocycles. The fourth-order valence-corrected chi connectivity index (χ4v) is 5.07. The number of para-hydroxylation sites is 1. The first-order valence-electron chi connectivity index (χ1n) is 11.3. The van der Waals surface area contributed by atoms with E-state index in [1.807, 2.05) is 10.6 Å². The summed E-state index contributed by atoms with van der Waals surface area (Å²) >= 11 is 5.97. The number of benzene rings is 2. The molecule has 0 bridgehead atoms. The zero-order valence-corrected chi connectivity index (χ0v) is 19.4. The molecule has 1 N–H and O–H groups in total. The number of nitrogens with one attached hydrogen (secondary N) is 1. The number of anilines is 1. The summed E-state index contributed by atoms with van der Waals surface area (Å²) in [6.07, 6.45) is 6.10. The van der Waals surface area contributed by atoms with Crippen molar-refractivity contribution in [2.45, 2.75) is 58.5 Å². The summed E-state index contributed by atoms with van der Waals surface area (Å²) in [5, 5.41) is 18.0. The normalized spacial score (nSPS) is 14.7. The van der Waals surface area contributed by atoms with E-state index in [1.165, 1.54) is 30.4 Å². The van der Waals surface area contributed by atoms with Crippen molar-refractivity contribution in [1.82, 2.24) is 24.9 Å². The van der Waals surface area contributed by atoms with Gasteiger partial charge >= 0.3 is 0 Å². The van der Waals surface area contributed by atoms with Crippen molar-refractivity contribution in [2.75, 3.05) is 5.32 Å². The van der Waals surface area contributed by atoms with Crippen LogP contribution in [0.2, 0.25) is 0 Å². The summed E-state index contributed by atoms with van der Waals surface area (Å²) < 4.78 is 1.85. The molecule has 0 atom stereocenters. The van der Waals surface area contributed by atoms with Crippen molar-refractivity contribution in [3.05, 3.63) is 65.2 Å². The van der Waals surface area contributed by atoms with Crippen molar-refractivity contribution in [3.8, 4) is 0 Å². The minimum atomic E-state index is 0.414. The summed E-state index contributed by atoms with van der Waals surface area (Å²) in [5.74, 6) is 0. The molecule has 164 valence electrons. The van der Waals surface area contributed by atoms with Crippen LogP contribution >= 0.6 is 12.2 Å². The van der Waals surface area contributed by atoms with Gasteiger partial charge in [-0.2, -0.15) is 4.52 Å². The van der Waals surface area contributed by atoms with Crippen molar-refractivity contribution < 1.29 is 0 Å². The Balaban J connectivity index is 1.53. The van der Waals surface area contributed by atoms with E-state index in [-0.39, 0.29) is 0 Å². The molecular formula is C25H28N6S. The number of aromatic nitrogens is 4. The summed E-state index contributed by atoms with van der Waals surface area (Å²) in [6.45, 7) is 4.89. The molecule has 0 aliphatic heterocycles. The van der Waals surface area contributed by atoms with Gasteiger partial charge in [-0.3, -0.25) is 0 Å². The number of pyridine rings is 1. The molecule has 0 radical (unpaired) electrons. The second-order valence-corrected chi connectivity index (χ2v) is 9.20. The van der Waals surface area contributed by atoms with Crippen LogP contribution in [0.15, 0.2) is 48.5 Å². The van der Waals surface area contributed by atoms with Crippen LogP contribution < -0.4 is 5.32 Å². The summed E-state index contributed by atoms with van der Waals surface area (Å²) in [7, 11) is 0. The van der Waals surface area contributed by atoms with Gasteiger partial charge in [-0.25, -0.2) is 0 Å². The fraction of sp³-hybridized carbons (Fsp3) is 0.360. The van der Waals surface area contributed by atoms with Crippen molar-refractivity contribution in [3.63, 3.8) is 0 Å². The van der Waals surface area contributed by atoms with Crippen molar-refractivity contribution >= 4 is 39.6 Å². The molecule has 6 nitrogen and oxygen atoms in total. The first-order chi connectivity index (χ1) is 15.6. The zero-order chi connectivity index (χ0) is 22.1. The van der Waals surface area contributed by atoms with Crippen molar-refractivity contribution in [1.29, 1.82) is 0 Å². The van der Waals surface area contributed by atoms with Gasteiger partial charge in [-0.15, -0.1) is 5.10 Å². The van der Waals surface area contributed by atoms with Crippen LogP contribution in [0.5, 0.6) is 0 Å². The second kappa shape index (κ2) is 8.82. The lowest BCUT2D eigenvalue weighted by Gasteiger charge is -2.36. The van der Waals surface area contributed by atoms with Gasteiger partial charge in [-0.05, 0) is 79.2 Å². The van der Waals surface area contributed by atoms with E-state index in [2.05, 4.69) is 82.1 Å². The van der Waals surface area contributed by atoms with Crippen LogP contribution in [0, 0.1) is 13.8 Å². The summed E-state index contributed by atoms with van der Waals surface area (Å²) in [6, 6.07) is 17.3. The smallest absolute Gasteiger partial charge is 0.184 e. The Morgan fingerprint density at radius 2 is 1.91 bits per heavy atom. The molecule has 0 spiro atoms. The number of hydrogen-bond donors (Lipinski definition) is 1. The lowest BCUT2D eigenvalue weighted by atomic mass is 9.94. The van der Waals surface area contributed by atoms with E-state index >= 15 is 0 Å². The second-order valence-electron chi connectivity index (χ2n) is 8.81. The molecule has 0 unspecified atom stereocenters. The van der Waals surface area contributed by atoms with Crippen LogP contribution in [0.25, 0.3) is 16.6 Å². The number of nitrogens with zero attached hydrogens (tertiary/aromatic N) is 5. The van der Waals surface area contributed by atoms with Gasteiger partial charge in [0.1, 0.15) is 0 Å². The Bertz CT molecular complexity index is 1270. The van der Waals surface area contributed by atoms with E-state index in [0.717, 1.165) is 45.8 Å². The lowest BCUT2D eigenvalue weighted by molar-refractivity contribution is 0.241. The summed E-state index contributed by atoms with van der Waals surface area (Å²) in [5.41, 5.74) is 6.36. The Morgan fingerprint density at radius 1 is 1.09 bits per heavy atom. The van der Waals surface area contributed by atoms with Crippen LogP contribution in [-0.4, -0.2) is 36.1 Å². The molecule has 0 amide bonds. The maximum atomic E-state index is 5.97. The highest BCUT2D eigenvalue weighted by Crippen LogP contribution is 2.28. The van der Waals surface area contributed by atoms with Gasteiger partial charge in [0.15, 0.2) is 10.8 Å². The third-order valence-corrected chi connectivity index (χ3v) is 6.84. The van der Waals surface area contributed by atoms with Gasteiger partial charge in [0.25, 0.3) is 0 Å². The standard InChI is InChI=1S/C25H28N6S/c1-17-12-13-23-19(14-17)15-20(24-27-28-29-31(23)24)16-30(21-9-4-3-5-10-21)25(32)26-22-11-7-6-8-18(22)2/h6-8,11-15,21H,3-5,9-10,16H2,1-2H3,(H,26,32). The molecule has 1 aliphatic carbocycles. The molecule has 2 aromatic carbocycles. The monoisotopic (exact) mass is 444 g/mol. The van der Waals surface area contributed by atoms with E-state index in [4.69, 9.17) is 12.2 Å². The van der Waals surface area contributed by atoms with E-state index in [9.17, 15) is 0 Å². The average molecular weight is 445 g/mol. The highest BCUT2D eigenvalue weighted by atomic mass is 32.1. The largest absolute Gasteiger partial charge is 0.342 e. The van der Waals surface area contributed by atoms with Gasteiger partial charge in [0.05, 0.1) is 5.52 Å². The molecule has 2 aromatic heterocycles. The van der Waals surface area contributed by atoms with Crippen LogP contribution in [0.4, 0.5) is 5.69 Å². The van der Waals surface area contributed by atoms with Crippen molar-refractivity contribution in [2.24, 2.45) is 0 Å². The van der Waals surface area contributed by atoms with Gasteiger partial charge < -0.3 is 10.2 Å². The van der Waals surface area contributed by atoms with E-state index < -0.39 is 0 Å². The molecule has 4 aromatic rings. The SMILES string of the molecule is Cc1ccc2c(c1)cc(CN(C(=S)Nc1ccccc1C)C1CCCCC1)c1nnnn12. The third-order valence-electron chi connectivity index (χ3n) is 6.50. The summed E-state index contributed by atoms with van der Waals surface area (Å²) in [4.78, 5) is 2.35. The minimum absolute atomic E-state index is 0.414. The highest BCUT2D eigenvalue weighted by Gasteiger charge is 2.25. The van der Waals surface area contributed by atoms with Crippen LogP contribution in [0.1, 0.15) is 48.8 Å². The number of thiocarbonyl (C=S) groups is 1. The van der Waals surface area contributed by atoms with E-state index in [0.29, 0.717) is 12.6 Å². The molecule has 32 heavy (non-hydrogen) atoms. The Hall–Kier alpha value is -3.06. The first-order valence-corrected chi connectivity index (χ1v) is 11.7. The average Bonchev–Trinajstić information content (AvgIpc) is 3.29. The molecule has 7 heteroatoms.